The lowest BCUT2D eigenvalue weighted by molar-refractivity contribution is 0.248. The molecule has 0 aliphatic carbocycles. The summed E-state index contributed by atoms with van der Waals surface area (Å²) in [6, 6.07) is 12.0. The Balaban J connectivity index is 0.00000300. The molecule has 7 heteroatoms. The summed E-state index contributed by atoms with van der Waals surface area (Å²) in [7, 11) is -3.49. The third-order valence-corrected chi connectivity index (χ3v) is 7.41. The molecule has 2 aromatic carbocycles. The summed E-state index contributed by atoms with van der Waals surface area (Å²) >= 11 is 6.07. The molecule has 2 aromatic rings. The number of benzene rings is 2. The average molecular weight is 457 g/mol. The average Bonchev–Trinajstić information content (AvgIpc) is 2.67. The van der Waals surface area contributed by atoms with Crippen LogP contribution in [0.25, 0.3) is 0 Å². The quantitative estimate of drug-likeness (QED) is 0.575. The van der Waals surface area contributed by atoms with E-state index in [9.17, 15) is 8.42 Å². The number of hydrogen-bond acceptors (Lipinski definition) is 3. The van der Waals surface area contributed by atoms with Crippen LogP contribution < -0.4 is 4.72 Å². The zero-order chi connectivity index (χ0) is 20.1. The molecule has 0 saturated carbocycles. The number of halogens is 2. The monoisotopic (exact) mass is 456 g/mol. The lowest BCUT2D eigenvalue weighted by Gasteiger charge is -2.28. The van der Waals surface area contributed by atoms with Gasteiger partial charge in [-0.25, -0.2) is 13.1 Å². The highest BCUT2D eigenvalue weighted by atomic mass is 35.5. The number of aryl methyl sites for hydroxylation is 2. The SMILES string of the molecule is Cc1cc(S(=O)(=O)NCCCCCN2CCc3ccccc3C2)c(C)cc1Cl.Cl. The van der Waals surface area contributed by atoms with Crippen LogP contribution in [-0.4, -0.2) is 33.0 Å². The molecule has 0 unspecified atom stereocenters. The van der Waals surface area contributed by atoms with E-state index in [4.69, 9.17) is 11.6 Å². The van der Waals surface area contributed by atoms with Gasteiger partial charge >= 0.3 is 0 Å². The van der Waals surface area contributed by atoms with Crippen molar-refractivity contribution in [2.24, 2.45) is 0 Å². The summed E-state index contributed by atoms with van der Waals surface area (Å²) in [5.41, 5.74) is 4.36. The van der Waals surface area contributed by atoms with Crippen molar-refractivity contribution in [3.05, 3.63) is 63.7 Å². The molecule has 0 amide bonds. The van der Waals surface area contributed by atoms with Gasteiger partial charge in [0.1, 0.15) is 0 Å². The van der Waals surface area contributed by atoms with E-state index in [-0.39, 0.29) is 12.4 Å². The van der Waals surface area contributed by atoms with Crippen molar-refractivity contribution in [1.29, 1.82) is 0 Å². The minimum Gasteiger partial charge on any atom is -0.299 e. The maximum atomic E-state index is 12.6. The second kappa shape index (κ2) is 10.8. The van der Waals surface area contributed by atoms with Crippen molar-refractivity contribution in [2.75, 3.05) is 19.6 Å². The fourth-order valence-corrected chi connectivity index (χ4v) is 5.31. The van der Waals surface area contributed by atoms with E-state index < -0.39 is 10.0 Å². The van der Waals surface area contributed by atoms with Crippen LogP contribution in [-0.2, 0) is 23.0 Å². The Morgan fingerprint density at radius 2 is 1.76 bits per heavy atom. The smallest absolute Gasteiger partial charge is 0.240 e. The van der Waals surface area contributed by atoms with Gasteiger partial charge in [0, 0.05) is 24.7 Å². The van der Waals surface area contributed by atoms with Gasteiger partial charge in [-0.05, 0) is 74.0 Å². The Hall–Kier alpha value is -1.11. The fraction of sp³-hybridized carbons (Fsp3) is 0.455. The zero-order valence-corrected chi connectivity index (χ0v) is 19.5. The lowest BCUT2D eigenvalue weighted by Crippen LogP contribution is -2.31. The Kier molecular flexibility index (Phi) is 8.98. The molecule has 1 heterocycles. The van der Waals surface area contributed by atoms with E-state index in [1.807, 2.05) is 6.92 Å². The van der Waals surface area contributed by atoms with Crippen molar-refractivity contribution in [3.63, 3.8) is 0 Å². The number of unbranched alkanes of at least 4 members (excludes halogenated alkanes) is 2. The molecule has 160 valence electrons. The molecule has 1 aliphatic rings. The molecule has 0 atom stereocenters. The molecular formula is C22H30Cl2N2O2S. The van der Waals surface area contributed by atoms with E-state index in [0.717, 1.165) is 50.9 Å². The third-order valence-electron chi connectivity index (χ3n) is 5.40. The van der Waals surface area contributed by atoms with Crippen molar-refractivity contribution >= 4 is 34.0 Å². The van der Waals surface area contributed by atoms with Crippen LogP contribution in [0, 0.1) is 13.8 Å². The van der Waals surface area contributed by atoms with E-state index in [1.54, 1.807) is 19.1 Å². The van der Waals surface area contributed by atoms with Gasteiger partial charge in [0.15, 0.2) is 0 Å². The molecule has 0 fully saturated rings. The second-order valence-electron chi connectivity index (χ2n) is 7.62. The first-order valence-corrected chi connectivity index (χ1v) is 11.8. The molecule has 1 N–H and O–H groups in total. The van der Waals surface area contributed by atoms with Gasteiger partial charge in [0.25, 0.3) is 0 Å². The first-order valence-electron chi connectivity index (χ1n) is 9.92. The lowest BCUT2D eigenvalue weighted by atomic mass is 10.00. The number of nitrogens with one attached hydrogen (secondary N) is 1. The van der Waals surface area contributed by atoms with Crippen LogP contribution in [0.1, 0.15) is 41.5 Å². The number of nitrogens with zero attached hydrogens (tertiary/aromatic N) is 1. The van der Waals surface area contributed by atoms with Crippen LogP contribution >= 0.6 is 24.0 Å². The van der Waals surface area contributed by atoms with Crippen LogP contribution in [0.2, 0.25) is 5.02 Å². The van der Waals surface area contributed by atoms with Gasteiger partial charge in [-0.1, -0.05) is 42.3 Å². The summed E-state index contributed by atoms with van der Waals surface area (Å²) in [4.78, 5) is 2.81. The van der Waals surface area contributed by atoms with Gasteiger partial charge in [0.05, 0.1) is 4.90 Å². The Morgan fingerprint density at radius 1 is 1.03 bits per heavy atom. The zero-order valence-electron chi connectivity index (χ0n) is 17.1. The standard InChI is InChI=1S/C22H29ClN2O2S.ClH/c1-17-15-22(18(2)14-21(17)23)28(26,27)24-11-6-3-7-12-25-13-10-19-8-4-5-9-20(19)16-25;/h4-5,8-9,14-15,24H,3,6-7,10-13,16H2,1-2H3;1H. The molecule has 0 radical (unpaired) electrons. The van der Waals surface area contributed by atoms with E-state index in [0.29, 0.717) is 22.0 Å². The molecule has 0 saturated heterocycles. The van der Waals surface area contributed by atoms with Crippen molar-refractivity contribution in [2.45, 2.75) is 51.0 Å². The minimum absolute atomic E-state index is 0. The van der Waals surface area contributed by atoms with Gasteiger partial charge in [-0.2, -0.15) is 0 Å². The summed E-state index contributed by atoms with van der Waals surface area (Å²) in [6.45, 7) is 7.26. The van der Waals surface area contributed by atoms with E-state index in [2.05, 4.69) is 33.9 Å². The number of hydrogen-bond donors (Lipinski definition) is 1. The number of rotatable bonds is 8. The van der Waals surface area contributed by atoms with Crippen molar-refractivity contribution < 1.29 is 8.42 Å². The molecule has 0 bridgehead atoms. The number of sulfonamides is 1. The van der Waals surface area contributed by atoms with Gasteiger partial charge in [0.2, 0.25) is 10.0 Å². The first-order chi connectivity index (χ1) is 13.4. The topological polar surface area (TPSA) is 49.4 Å². The van der Waals surface area contributed by atoms with Crippen LogP contribution in [0.15, 0.2) is 41.3 Å². The first kappa shape index (κ1) is 24.2. The Labute approximate surface area is 186 Å². The van der Waals surface area contributed by atoms with Gasteiger partial charge in [-0.15, -0.1) is 12.4 Å². The fourth-order valence-electron chi connectivity index (χ4n) is 3.71. The normalized spacial score (nSPS) is 14.3. The van der Waals surface area contributed by atoms with E-state index >= 15 is 0 Å². The Bertz CT molecular complexity index is 932. The molecule has 1 aliphatic heterocycles. The van der Waals surface area contributed by atoms with Crippen LogP contribution in [0.5, 0.6) is 0 Å². The van der Waals surface area contributed by atoms with Gasteiger partial charge in [-0.3, -0.25) is 4.90 Å². The summed E-state index contributed by atoms with van der Waals surface area (Å²) < 4.78 is 27.8. The van der Waals surface area contributed by atoms with Crippen molar-refractivity contribution in [3.8, 4) is 0 Å². The van der Waals surface area contributed by atoms with Crippen LogP contribution in [0.3, 0.4) is 0 Å². The molecule has 0 spiro atoms. The molecule has 3 rings (SSSR count). The predicted octanol–water partition coefficient (Wildman–Crippen LogP) is 4.89. The maximum Gasteiger partial charge on any atom is 0.240 e. The number of fused-ring (bicyclic) bond motifs is 1. The summed E-state index contributed by atoms with van der Waals surface area (Å²) in [5, 5.41) is 0.594. The minimum atomic E-state index is -3.49. The maximum absolute atomic E-state index is 12.6. The van der Waals surface area contributed by atoms with Crippen molar-refractivity contribution in [1.82, 2.24) is 9.62 Å². The highest BCUT2D eigenvalue weighted by Gasteiger charge is 2.18. The van der Waals surface area contributed by atoms with Gasteiger partial charge < -0.3 is 0 Å². The summed E-state index contributed by atoms with van der Waals surface area (Å²) in [5.74, 6) is 0. The molecule has 0 aromatic heterocycles. The Morgan fingerprint density at radius 3 is 2.52 bits per heavy atom. The molecular weight excluding hydrogens is 427 g/mol. The van der Waals surface area contributed by atoms with E-state index in [1.165, 1.54) is 11.1 Å². The molecule has 4 nitrogen and oxygen atoms in total. The van der Waals surface area contributed by atoms with Crippen LogP contribution in [0.4, 0.5) is 0 Å². The summed E-state index contributed by atoms with van der Waals surface area (Å²) in [6.07, 6.45) is 4.06. The third kappa shape index (κ3) is 6.43. The highest BCUT2D eigenvalue weighted by molar-refractivity contribution is 7.89. The second-order valence-corrected chi connectivity index (χ2v) is 9.76. The predicted molar refractivity (Wildman–Crippen MR) is 123 cm³/mol. The molecule has 29 heavy (non-hydrogen) atoms. The highest BCUT2D eigenvalue weighted by Crippen LogP contribution is 2.24. The largest absolute Gasteiger partial charge is 0.299 e.